The van der Waals surface area contributed by atoms with Crippen molar-refractivity contribution < 1.29 is 19.0 Å². The number of aliphatic hydroxyl groups excluding tert-OH is 1. The Balaban J connectivity index is 2.25. The number of aryl methyl sites for hydroxylation is 1. The first-order valence-electron chi connectivity index (χ1n) is 8.30. The Labute approximate surface area is 141 Å². The molecule has 0 aliphatic heterocycles. The Bertz CT molecular complexity index is 820. The highest BCUT2D eigenvalue weighted by atomic mass is 16.6. The maximum atomic E-state index is 9.16. The van der Waals surface area contributed by atoms with Crippen LogP contribution in [0.2, 0.25) is 0 Å². The summed E-state index contributed by atoms with van der Waals surface area (Å²) in [7, 11) is 0. The van der Waals surface area contributed by atoms with E-state index in [0.717, 1.165) is 40.5 Å². The van der Waals surface area contributed by atoms with Crippen molar-refractivity contribution >= 4 is 11.0 Å². The Kier molecular flexibility index (Phi) is 5.06. The lowest BCUT2D eigenvalue weighted by Crippen LogP contribution is -1.97. The van der Waals surface area contributed by atoms with E-state index in [1.54, 1.807) is 0 Å². The molecule has 126 valence electrons. The summed E-state index contributed by atoms with van der Waals surface area (Å²) in [5.41, 5.74) is 3.84. The standard InChI is InChI=1S/C20H22O4/c1-3-8-16-19-15(14-9-5-6-11-17(14)23-13-21)10-7-12-18(19)24-20(16)22-4-2/h5-7,9-12,21H,3-4,8,13H2,1-2H3. The summed E-state index contributed by atoms with van der Waals surface area (Å²) in [6, 6.07) is 13.7. The predicted octanol–water partition coefficient (Wildman–Crippen LogP) is 4.78. The van der Waals surface area contributed by atoms with E-state index in [9.17, 15) is 0 Å². The van der Waals surface area contributed by atoms with E-state index in [1.165, 1.54) is 0 Å². The Morgan fingerprint density at radius 1 is 0.958 bits per heavy atom. The van der Waals surface area contributed by atoms with E-state index in [4.69, 9.17) is 19.0 Å². The van der Waals surface area contributed by atoms with Crippen LogP contribution >= 0.6 is 0 Å². The van der Waals surface area contributed by atoms with Gasteiger partial charge in [0.05, 0.1) is 6.61 Å². The fraction of sp³-hybridized carbons (Fsp3) is 0.300. The molecule has 1 heterocycles. The number of ether oxygens (including phenoxy) is 2. The van der Waals surface area contributed by atoms with E-state index < -0.39 is 0 Å². The van der Waals surface area contributed by atoms with Gasteiger partial charge in [0, 0.05) is 16.5 Å². The molecule has 0 saturated heterocycles. The van der Waals surface area contributed by atoms with Crippen molar-refractivity contribution in [3.8, 4) is 22.8 Å². The summed E-state index contributed by atoms with van der Waals surface area (Å²) >= 11 is 0. The molecule has 24 heavy (non-hydrogen) atoms. The molecule has 4 heteroatoms. The van der Waals surface area contributed by atoms with Gasteiger partial charge < -0.3 is 19.0 Å². The highest BCUT2D eigenvalue weighted by Crippen LogP contribution is 2.41. The van der Waals surface area contributed by atoms with E-state index in [1.807, 2.05) is 49.4 Å². The SMILES string of the molecule is CCCc1c(OCC)oc2cccc(-c3ccccc3OCO)c12. The fourth-order valence-corrected chi connectivity index (χ4v) is 3.02. The summed E-state index contributed by atoms with van der Waals surface area (Å²) in [4.78, 5) is 0. The van der Waals surface area contributed by atoms with Crippen molar-refractivity contribution in [3.63, 3.8) is 0 Å². The zero-order valence-electron chi connectivity index (χ0n) is 14.0. The predicted molar refractivity (Wildman–Crippen MR) is 94.5 cm³/mol. The van der Waals surface area contributed by atoms with Crippen LogP contribution in [-0.4, -0.2) is 18.5 Å². The smallest absolute Gasteiger partial charge is 0.288 e. The first-order chi connectivity index (χ1) is 11.8. The van der Waals surface area contributed by atoms with Crippen molar-refractivity contribution in [3.05, 3.63) is 48.0 Å². The van der Waals surface area contributed by atoms with Gasteiger partial charge in [-0.3, -0.25) is 0 Å². The van der Waals surface area contributed by atoms with Gasteiger partial charge in [-0.05, 0) is 31.0 Å². The van der Waals surface area contributed by atoms with E-state index in [0.29, 0.717) is 18.3 Å². The molecular formula is C20H22O4. The molecule has 0 bridgehead atoms. The quantitative estimate of drug-likeness (QED) is 0.635. The third-order valence-corrected chi connectivity index (χ3v) is 3.95. The number of furan rings is 1. The average molecular weight is 326 g/mol. The van der Waals surface area contributed by atoms with Crippen LogP contribution in [0.15, 0.2) is 46.9 Å². The van der Waals surface area contributed by atoms with Gasteiger partial charge in [-0.2, -0.15) is 0 Å². The molecule has 3 rings (SSSR count). The van der Waals surface area contributed by atoms with Crippen LogP contribution in [0.5, 0.6) is 11.7 Å². The lowest BCUT2D eigenvalue weighted by Gasteiger charge is -2.11. The summed E-state index contributed by atoms with van der Waals surface area (Å²) in [5.74, 6) is 1.25. The Hall–Kier alpha value is -2.46. The minimum absolute atomic E-state index is 0.357. The van der Waals surface area contributed by atoms with Crippen LogP contribution in [0, 0.1) is 0 Å². The average Bonchev–Trinajstić information content (AvgIpc) is 2.94. The first-order valence-corrected chi connectivity index (χ1v) is 8.30. The molecule has 0 radical (unpaired) electrons. The van der Waals surface area contributed by atoms with Gasteiger partial charge in [0.25, 0.3) is 5.95 Å². The molecule has 2 aromatic carbocycles. The Morgan fingerprint density at radius 3 is 2.50 bits per heavy atom. The summed E-state index contributed by atoms with van der Waals surface area (Å²) in [6.07, 6.45) is 1.88. The molecule has 0 aliphatic carbocycles. The van der Waals surface area contributed by atoms with Gasteiger partial charge >= 0.3 is 0 Å². The van der Waals surface area contributed by atoms with Crippen LogP contribution in [0.3, 0.4) is 0 Å². The summed E-state index contributed by atoms with van der Waals surface area (Å²) < 4.78 is 17.0. The normalized spacial score (nSPS) is 11.0. The van der Waals surface area contributed by atoms with Crippen molar-refractivity contribution in [2.24, 2.45) is 0 Å². The first kappa shape index (κ1) is 16.4. The van der Waals surface area contributed by atoms with Crippen LogP contribution in [0.25, 0.3) is 22.1 Å². The zero-order valence-corrected chi connectivity index (χ0v) is 14.0. The third-order valence-electron chi connectivity index (χ3n) is 3.95. The largest absolute Gasteiger partial charge is 0.467 e. The molecule has 0 aliphatic rings. The highest BCUT2D eigenvalue weighted by molar-refractivity contribution is 5.99. The molecular weight excluding hydrogens is 304 g/mol. The number of fused-ring (bicyclic) bond motifs is 1. The molecule has 0 unspecified atom stereocenters. The topological polar surface area (TPSA) is 51.8 Å². The Morgan fingerprint density at radius 2 is 1.75 bits per heavy atom. The molecule has 0 spiro atoms. The second-order valence-electron chi connectivity index (χ2n) is 5.50. The van der Waals surface area contributed by atoms with E-state index in [2.05, 4.69) is 6.92 Å². The highest BCUT2D eigenvalue weighted by Gasteiger charge is 2.19. The monoisotopic (exact) mass is 326 g/mol. The van der Waals surface area contributed by atoms with Gasteiger partial charge in [0.2, 0.25) is 0 Å². The van der Waals surface area contributed by atoms with Crippen molar-refractivity contribution in [2.75, 3.05) is 13.4 Å². The third kappa shape index (κ3) is 2.97. The van der Waals surface area contributed by atoms with Crippen molar-refractivity contribution in [2.45, 2.75) is 26.7 Å². The van der Waals surface area contributed by atoms with Crippen LogP contribution in [0.1, 0.15) is 25.8 Å². The second kappa shape index (κ2) is 7.41. The molecule has 0 atom stereocenters. The molecule has 1 N–H and O–H groups in total. The molecule has 4 nitrogen and oxygen atoms in total. The maximum absolute atomic E-state index is 9.16. The fourth-order valence-electron chi connectivity index (χ4n) is 3.02. The van der Waals surface area contributed by atoms with Crippen LogP contribution < -0.4 is 9.47 Å². The minimum Gasteiger partial charge on any atom is -0.467 e. The minimum atomic E-state index is -0.357. The number of aliphatic hydroxyl groups is 1. The zero-order chi connectivity index (χ0) is 16.9. The number of rotatable bonds is 7. The van der Waals surface area contributed by atoms with Gasteiger partial charge in [-0.1, -0.05) is 43.7 Å². The molecule has 0 amide bonds. The maximum Gasteiger partial charge on any atom is 0.288 e. The van der Waals surface area contributed by atoms with Gasteiger partial charge in [0.1, 0.15) is 11.3 Å². The van der Waals surface area contributed by atoms with Crippen molar-refractivity contribution in [1.29, 1.82) is 0 Å². The number of benzene rings is 2. The van der Waals surface area contributed by atoms with Gasteiger partial charge in [-0.25, -0.2) is 0 Å². The number of para-hydroxylation sites is 1. The van der Waals surface area contributed by atoms with Crippen molar-refractivity contribution in [1.82, 2.24) is 0 Å². The summed E-state index contributed by atoms with van der Waals surface area (Å²) in [5, 5.41) is 10.2. The summed E-state index contributed by atoms with van der Waals surface area (Å²) in [6.45, 7) is 4.30. The second-order valence-corrected chi connectivity index (χ2v) is 5.50. The molecule has 0 saturated carbocycles. The van der Waals surface area contributed by atoms with Crippen LogP contribution in [-0.2, 0) is 6.42 Å². The van der Waals surface area contributed by atoms with Gasteiger partial charge in [-0.15, -0.1) is 0 Å². The van der Waals surface area contributed by atoms with E-state index >= 15 is 0 Å². The number of hydrogen-bond donors (Lipinski definition) is 1. The molecule has 3 aromatic rings. The lowest BCUT2D eigenvalue weighted by atomic mass is 9.97. The van der Waals surface area contributed by atoms with Crippen LogP contribution in [0.4, 0.5) is 0 Å². The molecule has 1 aromatic heterocycles. The molecule has 0 fully saturated rings. The number of hydrogen-bond acceptors (Lipinski definition) is 4. The lowest BCUT2D eigenvalue weighted by molar-refractivity contribution is 0.0991. The van der Waals surface area contributed by atoms with E-state index in [-0.39, 0.29) is 6.79 Å². The van der Waals surface area contributed by atoms with Gasteiger partial charge in [0.15, 0.2) is 6.79 Å².